The van der Waals surface area contributed by atoms with Crippen LogP contribution in [0, 0.1) is 0 Å². The van der Waals surface area contributed by atoms with Crippen molar-refractivity contribution < 1.29 is 4.52 Å². The number of rotatable bonds is 7. The summed E-state index contributed by atoms with van der Waals surface area (Å²) in [5.41, 5.74) is 2.29. The summed E-state index contributed by atoms with van der Waals surface area (Å²) in [5, 5.41) is 14.0. The van der Waals surface area contributed by atoms with Crippen molar-refractivity contribution in [3.63, 3.8) is 0 Å². The molecular formula is C20H23N5OS. The average molecular weight is 382 g/mol. The van der Waals surface area contributed by atoms with Crippen LogP contribution in [-0.2, 0) is 5.75 Å². The summed E-state index contributed by atoms with van der Waals surface area (Å²) in [6.45, 7) is 4.38. The van der Waals surface area contributed by atoms with Crippen molar-refractivity contribution in [3.05, 3.63) is 41.5 Å². The summed E-state index contributed by atoms with van der Waals surface area (Å²) in [6.07, 6.45) is 4.97. The van der Waals surface area contributed by atoms with E-state index < -0.39 is 0 Å². The molecule has 0 aliphatic heterocycles. The molecule has 0 radical (unpaired) electrons. The standard InChI is InChI=1S/C20H23N5OS/c1-12(2)13-3-5-14(6-4-13)18-21-17(26-24-18)11-27-20-23-22-19(15-7-8-15)25(20)16-9-10-16/h3-6,12,15-16H,7-11H2,1-2H3. The summed E-state index contributed by atoms with van der Waals surface area (Å²) < 4.78 is 7.81. The molecule has 3 aromatic rings. The number of aromatic nitrogens is 5. The van der Waals surface area contributed by atoms with Crippen molar-refractivity contribution in [3.8, 4) is 11.4 Å². The summed E-state index contributed by atoms with van der Waals surface area (Å²) in [5.74, 6) is 4.20. The lowest BCUT2D eigenvalue weighted by Gasteiger charge is -2.06. The molecule has 0 bridgehead atoms. The Morgan fingerprint density at radius 1 is 1.11 bits per heavy atom. The highest BCUT2D eigenvalue weighted by molar-refractivity contribution is 7.98. The number of hydrogen-bond acceptors (Lipinski definition) is 6. The molecule has 5 rings (SSSR count). The molecule has 2 aliphatic carbocycles. The van der Waals surface area contributed by atoms with Crippen molar-refractivity contribution in [2.24, 2.45) is 0 Å². The van der Waals surface area contributed by atoms with Gasteiger partial charge in [0.15, 0.2) is 5.16 Å². The molecule has 1 aromatic carbocycles. The second kappa shape index (κ2) is 6.78. The van der Waals surface area contributed by atoms with E-state index in [1.54, 1.807) is 11.8 Å². The van der Waals surface area contributed by atoms with E-state index in [2.05, 4.69) is 63.0 Å². The lowest BCUT2D eigenvalue weighted by Crippen LogP contribution is -2.01. The van der Waals surface area contributed by atoms with Gasteiger partial charge in [0.05, 0.1) is 5.75 Å². The molecule has 0 unspecified atom stereocenters. The SMILES string of the molecule is CC(C)c1ccc(-c2noc(CSc3nnc(C4CC4)n3C3CC3)n2)cc1. The van der Waals surface area contributed by atoms with Crippen molar-refractivity contribution in [2.75, 3.05) is 0 Å². The second-order valence-corrected chi connectivity index (χ2v) is 8.74. The van der Waals surface area contributed by atoms with Gasteiger partial charge in [-0.3, -0.25) is 0 Å². The van der Waals surface area contributed by atoms with Gasteiger partial charge in [-0.25, -0.2) is 0 Å². The monoisotopic (exact) mass is 381 g/mol. The summed E-state index contributed by atoms with van der Waals surface area (Å²) >= 11 is 1.64. The van der Waals surface area contributed by atoms with Gasteiger partial charge in [0.1, 0.15) is 5.82 Å². The molecule has 0 spiro atoms. The van der Waals surface area contributed by atoms with Crippen LogP contribution in [0.15, 0.2) is 33.9 Å². The molecule has 140 valence electrons. The summed E-state index contributed by atoms with van der Waals surface area (Å²) in [7, 11) is 0. The number of thioether (sulfide) groups is 1. The van der Waals surface area contributed by atoms with Crippen LogP contribution in [-0.4, -0.2) is 24.9 Å². The molecule has 7 heteroatoms. The van der Waals surface area contributed by atoms with Crippen LogP contribution in [0.25, 0.3) is 11.4 Å². The fourth-order valence-corrected chi connectivity index (χ4v) is 4.11. The molecule has 2 aliphatic rings. The van der Waals surface area contributed by atoms with Gasteiger partial charge in [0.25, 0.3) is 0 Å². The first-order valence-corrected chi connectivity index (χ1v) is 10.7. The van der Waals surface area contributed by atoms with Gasteiger partial charge >= 0.3 is 0 Å². The third-order valence-corrected chi connectivity index (χ3v) is 6.10. The molecule has 27 heavy (non-hydrogen) atoms. The van der Waals surface area contributed by atoms with Crippen molar-refractivity contribution in [1.82, 2.24) is 24.9 Å². The molecule has 0 N–H and O–H groups in total. The van der Waals surface area contributed by atoms with E-state index in [0.717, 1.165) is 10.7 Å². The fourth-order valence-electron chi connectivity index (χ4n) is 3.26. The van der Waals surface area contributed by atoms with Crippen molar-refractivity contribution in [1.29, 1.82) is 0 Å². The lowest BCUT2D eigenvalue weighted by molar-refractivity contribution is 0.391. The Morgan fingerprint density at radius 3 is 2.56 bits per heavy atom. The zero-order valence-corrected chi connectivity index (χ0v) is 16.4. The van der Waals surface area contributed by atoms with Gasteiger partial charge in [-0.1, -0.05) is 55.0 Å². The quantitative estimate of drug-likeness (QED) is 0.539. The maximum atomic E-state index is 5.46. The molecule has 2 saturated carbocycles. The highest BCUT2D eigenvalue weighted by Gasteiger charge is 2.36. The van der Waals surface area contributed by atoms with Crippen LogP contribution >= 0.6 is 11.8 Å². The number of hydrogen-bond donors (Lipinski definition) is 0. The minimum absolute atomic E-state index is 0.514. The van der Waals surface area contributed by atoms with Crippen LogP contribution in [0.3, 0.4) is 0 Å². The van der Waals surface area contributed by atoms with Crippen LogP contribution in [0.1, 0.15) is 74.7 Å². The first kappa shape index (κ1) is 17.0. The van der Waals surface area contributed by atoms with Crippen LogP contribution in [0.4, 0.5) is 0 Å². The predicted molar refractivity (Wildman–Crippen MR) is 104 cm³/mol. The Balaban J connectivity index is 1.29. The van der Waals surface area contributed by atoms with E-state index in [4.69, 9.17) is 4.52 Å². The van der Waals surface area contributed by atoms with Gasteiger partial charge in [0.2, 0.25) is 11.7 Å². The maximum absolute atomic E-state index is 5.46. The Labute approximate surface area is 162 Å². The molecule has 2 heterocycles. The minimum Gasteiger partial charge on any atom is -0.338 e. The van der Waals surface area contributed by atoms with E-state index in [-0.39, 0.29) is 0 Å². The maximum Gasteiger partial charge on any atom is 0.237 e. The van der Waals surface area contributed by atoms with Crippen LogP contribution in [0.5, 0.6) is 0 Å². The normalized spacial score (nSPS) is 17.0. The van der Waals surface area contributed by atoms with Crippen LogP contribution in [0.2, 0.25) is 0 Å². The van der Waals surface area contributed by atoms with E-state index >= 15 is 0 Å². The minimum atomic E-state index is 0.514. The van der Waals surface area contributed by atoms with Gasteiger partial charge in [-0.05, 0) is 37.2 Å². The van der Waals surface area contributed by atoms with Gasteiger partial charge in [-0.2, -0.15) is 4.98 Å². The molecule has 0 atom stereocenters. The molecule has 2 fully saturated rings. The summed E-state index contributed by atoms with van der Waals surface area (Å²) in [6, 6.07) is 8.96. The Morgan fingerprint density at radius 2 is 1.89 bits per heavy atom. The van der Waals surface area contributed by atoms with Crippen LogP contribution < -0.4 is 0 Å². The molecule has 6 nitrogen and oxygen atoms in total. The van der Waals surface area contributed by atoms with Gasteiger partial charge in [-0.15, -0.1) is 10.2 Å². The topological polar surface area (TPSA) is 69.6 Å². The van der Waals surface area contributed by atoms with E-state index in [1.165, 1.54) is 37.1 Å². The van der Waals surface area contributed by atoms with E-state index in [9.17, 15) is 0 Å². The number of benzene rings is 1. The Kier molecular flexibility index (Phi) is 4.27. The number of nitrogens with zero attached hydrogens (tertiary/aromatic N) is 5. The predicted octanol–water partition coefficient (Wildman–Crippen LogP) is 4.96. The molecule has 0 amide bonds. The fraction of sp³-hybridized carbons (Fsp3) is 0.500. The zero-order valence-electron chi connectivity index (χ0n) is 15.6. The Hall–Kier alpha value is -2.15. The zero-order chi connectivity index (χ0) is 18.4. The van der Waals surface area contributed by atoms with Gasteiger partial charge in [0, 0.05) is 17.5 Å². The molecule has 0 saturated heterocycles. The first-order valence-electron chi connectivity index (χ1n) is 9.69. The third kappa shape index (κ3) is 3.52. The first-order chi connectivity index (χ1) is 13.2. The third-order valence-electron chi connectivity index (χ3n) is 5.17. The highest BCUT2D eigenvalue weighted by Crippen LogP contribution is 2.46. The van der Waals surface area contributed by atoms with Crippen molar-refractivity contribution in [2.45, 2.75) is 68.3 Å². The van der Waals surface area contributed by atoms with Crippen molar-refractivity contribution >= 4 is 11.8 Å². The van der Waals surface area contributed by atoms with E-state index in [0.29, 0.717) is 35.3 Å². The lowest BCUT2D eigenvalue weighted by atomic mass is 10.0. The largest absolute Gasteiger partial charge is 0.338 e. The van der Waals surface area contributed by atoms with E-state index in [1.807, 2.05) is 0 Å². The molecule has 2 aromatic heterocycles. The smallest absolute Gasteiger partial charge is 0.237 e. The summed E-state index contributed by atoms with van der Waals surface area (Å²) in [4.78, 5) is 4.56. The average Bonchev–Trinajstić information content (AvgIpc) is 3.61. The van der Waals surface area contributed by atoms with Gasteiger partial charge < -0.3 is 9.09 Å². The Bertz CT molecular complexity index is 938. The second-order valence-electron chi connectivity index (χ2n) is 7.79. The highest BCUT2D eigenvalue weighted by atomic mass is 32.2. The molecular weight excluding hydrogens is 358 g/mol.